The Morgan fingerprint density at radius 2 is 2.10 bits per heavy atom. The van der Waals surface area contributed by atoms with Crippen LogP contribution >= 0.6 is 0 Å². The van der Waals surface area contributed by atoms with Crippen molar-refractivity contribution in [3.63, 3.8) is 0 Å². The molecule has 106 valence electrons. The Morgan fingerprint density at radius 3 is 2.95 bits per heavy atom. The number of rotatable bonds is 4. The van der Waals surface area contributed by atoms with Gasteiger partial charge in [0.15, 0.2) is 11.6 Å². The summed E-state index contributed by atoms with van der Waals surface area (Å²) in [5.74, 6) is -0.124. The summed E-state index contributed by atoms with van der Waals surface area (Å²) in [6.07, 6.45) is 3.63. The number of nitrogens with zero attached hydrogens (tertiary/aromatic N) is 1. The summed E-state index contributed by atoms with van der Waals surface area (Å²) in [7, 11) is 1.46. The van der Waals surface area contributed by atoms with Gasteiger partial charge in [-0.05, 0) is 29.1 Å². The molecule has 2 aromatic carbocycles. The second-order valence-corrected chi connectivity index (χ2v) is 4.72. The third-order valence-corrected chi connectivity index (χ3v) is 3.41. The van der Waals surface area contributed by atoms with E-state index < -0.39 is 0 Å². The van der Waals surface area contributed by atoms with Gasteiger partial charge in [-0.3, -0.25) is 4.98 Å². The van der Waals surface area contributed by atoms with Crippen molar-refractivity contribution < 1.29 is 9.13 Å². The molecule has 21 heavy (non-hydrogen) atoms. The highest BCUT2D eigenvalue weighted by Crippen LogP contribution is 2.23. The van der Waals surface area contributed by atoms with Gasteiger partial charge in [-0.15, -0.1) is 0 Å². The number of pyridine rings is 1. The molecular formula is C17H15FN2O. The number of hydrogen-bond acceptors (Lipinski definition) is 3. The highest BCUT2D eigenvalue weighted by molar-refractivity contribution is 5.84. The van der Waals surface area contributed by atoms with E-state index in [9.17, 15) is 4.39 Å². The molecule has 0 fully saturated rings. The first-order chi connectivity index (χ1) is 10.3. The zero-order chi connectivity index (χ0) is 14.7. The summed E-state index contributed by atoms with van der Waals surface area (Å²) < 4.78 is 18.4. The second-order valence-electron chi connectivity index (χ2n) is 4.72. The predicted molar refractivity (Wildman–Crippen MR) is 82.0 cm³/mol. The van der Waals surface area contributed by atoms with Crippen molar-refractivity contribution >= 4 is 16.5 Å². The van der Waals surface area contributed by atoms with Gasteiger partial charge in [0.2, 0.25) is 0 Å². The molecule has 1 N–H and O–H groups in total. The van der Waals surface area contributed by atoms with Crippen LogP contribution in [0.4, 0.5) is 10.1 Å². The first-order valence-corrected chi connectivity index (χ1v) is 6.67. The maximum Gasteiger partial charge on any atom is 0.165 e. The molecule has 3 rings (SSSR count). The van der Waals surface area contributed by atoms with Gasteiger partial charge >= 0.3 is 0 Å². The van der Waals surface area contributed by atoms with Crippen LogP contribution in [0.15, 0.2) is 54.9 Å². The molecule has 0 amide bonds. The van der Waals surface area contributed by atoms with Gasteiger partial charge in [0.1, 0.15) is 0 Å². The third kappa shape index (κ3) is 2.79. The summed E-state index contributed by atoms with van der Waals surface area (Å²) >= 11 is 0. The summed E-state index contributed by atoms with van der Waals surface area (Å²) in [6, 6.07) is 12.9. The van der Waals surface area contributed by atoms with Gasteiger partial charge in [0.05, 0.1) is 7.11 Å². The van der Waals surface area contributed by atoms with Crippen molar-refractivity contribution in [2.45, 2.75) is 6.54 Å². The standard InChI is InChI=1S/C17H15FN2O/c1-21-17-9-14(5-6-16(17)18)20-11-13-4-2-3-12-10-19-8-7-15(12)13/h2-10,20H,11H2,1H3. The molecular weight excluding hydrogens is 267 g/mol. The van der Waals surface area contributed by atoms with Crippen molar-refractivity contribution in [3.05, 3.63) is 66.2 Å². The third-order valence-electron chi connectivity index (χ3n) is 3.41. The number of nitrogens with one attached hydrogen (secondary N) is 1. The Hall–Kier alpha value is -2.62. The van der Waals surface area contributed by atoms with Crippen molar-refractivity contribution in [2.24, 2.45) is 0 Å². The fourth-order valence-electron chi connectivity index (χ4n) is 2.31. The Bertz CT molecular complexity index is 768. The lowest BCUT2D eigenvalue weighted by Gasteiger charge is -2.10. The molecule has 0 unspecified atom stereocenters. The maximum atomic E-state index is 13.4. The second kappa shape index (κ2) is 5.79. The van der Waals surface area contributed by atoms with Gasteiger partial charge in [0.25, 0.3) is 0 Å². The van der Waals surface area contributed by atoms with E-state index in [-0.39, 0.29) is 11.6 Å². The van der Waals surface area contributed by atoms with Crippen LogP contribution in [0.1, 0.15) is 5.56 Å². The van der Waals surface area contributed by atoms with E-state index in [4.69, 9.17) is 4.74 Å². The van der Waals surface area contributed by atoms with Crippen LogP contribution in [-0.4, -0.2) is 12.1 Å². The summed E-state index contributed by atoms with van der Waals surface area (Å²) in [5.41, 5.74) is 1.98. The molecule has 4 heteroatoms. The summed E-state index contributed by atoms with van der Waals surface area (Å²) in [6.45, 7) is 0.649. The minimum atomic E-state index is -0.362. The lowest BCUT2D eigenvalue weighted by molar-refractivity contribution is 0.387. The zero-order valence-corrected chi connectivity index (χ0v) is 11.6. The zero-order valence-electron chi connectivity index (χ0n) is 11.6. The number of benzene rings is 2. The van der Waals surface area contributed by atoms with Crippen LogP contribution in [0, 0.1) is 5.82 Å². The number of ether oxygens (including phenoxy) is 1. The van der Waals surface area contributed by atoms with E-state index in [0.29, 0.717) is 6.54 Å². The molecule has 0 saturated carbocycles. The fraction of sp³-hybridized carbons (Fsp3) is 0.118. The smallest absolute Gasteiger partial charge is 0.165 e. The van der Waals surface area contributed by atoms with Gasteiger partial charge in [-0.2, -0.15) is 0 Å². The minimum Gasteiger partial charge on any atom is -0.494 e. The molecule has 1 aromatic heterocycles. The molecule has 0 aliphatic carbocycles. The van der Waals surface area contributed by atoms with Gasteiger partial charge in [-0.25, -0.2) is 4.39 Å². The fourth-order valence-corrected chi connectivity index (χ4v) is 2.31. The van der Waals surface area contributed by atoms with E-state index in [1.165, 1.54) is 13.2 Å². The average Bonchev–Trinajstić information content (AvgIpc) is 2.54. The first-order valence-electron chi connectivity index (χ1n) is 6.67. The largest absolute Gasteiger partial charge is 0.494 e. The van der Waals surface area contributed by atoms with E-state index in [0.717, 1.165) is 22.0 Å². The van der Waals surface area contributed by atoms with Crippen molar-refractivity contribution in [1.29, 1.82) is 0 Å². The molecule has 3 nitrogen and oxygen atoms in total. The molecule has 0 atom stereocenters. The molecule has 0 aliphatic rings. The van der Waals surface area contributed by atoms with E-state index in [1.54, 1.807) is 18.3 Å². The lowest BCUT2D eigenvalue weighted by Crippen LogP contribution is -2.01. The van der Waals surface area contributed by atoms with E-state index in [2.05, 4.69) is 16.4 Å². The Morgan fingerprint density at radius 1 is 1.19 bits per heavy atom. The number of aromatic nitrogens is 1. The Balaban J connectivity index is 1.83. The van der Waals surface area contributed by atoms with Crippen LogP contribution in [0.3, 0.4) is 0 Å². The number of fused-ring (bicyclic) bond motifs is 1. The normalized spacial score (nSPS) is 10.6. The first kappa shape index (κ1) is 13.4. The summed E-state index contributed by atoms with van der Waals surface area (Å²) in [5, 5.41) is 5.55. The van der Waals surface area contributed by atoms with Crippen molar-refractivity contribution in [2.75, 3.05) is 12.4 Å². The number of hydrogen-bond donors (Lipinski definition) is 1. The van der Waals surface area contributed by atoms with Crippen LogP contribution < -0.4 is 10.1 Å². The molecule has 3 aromatic rings. The van der Waals surface area contributed by atoms with Crippen LogP contribution in [-0.2, 0) is 6.54 Å². The number of halogens is 1. The van der Waals surface area contributed by atoms with Gasteiger partial charge in [-0.1, -0.05) is 18.2 Å². The molecule has 0 bridgehead atoms. The number of anilines is 1. The predicted octanol–water partition coefficient (Wildman–Crippen LogP) is 3.99. The summed E-state index contributed by atoms with van der Waals surface area (Å²) in [4.78, 5) is 4.13. The van der Waals surface area contributed by atoms with Crippen LogP contribution in [0.25, 0.3) is 10.8 Å². The van der Waals surface area contributed by atoms with Crippen molar-refractivity contribution in [3.8, 4) is 5.75 Å². The van der Waals surface area contributed by atoms with Crippen LogP contribution in [0.2, 0.25) is 0 Å². The average molecular weight is 282 g/mol. The topological polar surface area (TPSA) is 34.1 Å². The monoisotopic (exact) mass is 282 g/mol. The van der Waals surface area contributed by atoms with E-state index in [1.807, 2.05) is 24.4 Å². The van der Waals surface area contributed by atoms with E-state index >= 15 is 0 Å². The maximum absolute atomic E-state index is 13.4. The van der Waals surface area contributed by atoms with Gasteiger partial charge in [0, 0.05) is 36.1 Å². The molecule has 0 aliphatic heterocycles. The molecule has 1 heterocycles. The molecule has 0 spiro atoms. The lowest BCUT2D eigenvalue weighted by atomic mass is 10.1. The molecule has 0 radical (unpaired) electrons. The quantitative estimate of drug-likeness (QED) is 0.785. The highest BCUT2D eigenvalue weighted by atomic mass is 19.1. The molecule has 0 saturated heterocycles. The van der Waals surface area contributed by atoms with Crippen LogP contribution in [0.5, 0.6) is 5.75 Å². The number of methoxy groups -OCH3 is 1. The highest BCUT2D eigenvalue weighted by Gasteiger charge is 2.04. The minimum absolute atomic E-state index is 0.238. The van der Waals surface area contributed by atoms with Gasteiger partial charge < -0.3 is 10.1 Å². The SMILES string of the molecule is COc1cc(NCc2cccc3cnccc23)ccc1F. The van der Waals surface area contributed by atoms with Crippen molar-refractivity contribution in [1.82, 2.24) is 4.98 Å². The Labute approximate surface area is 122 Å². The Kier molecular flexibility index (Phi) is 3.69.